The lowest BCUT2D eigenvalue weighted by molar-refractivity contribution is 0.525. The molecule has 1 aromatic carbocycles. The van der Waals surface area contributed by atoms with Crippen molar-refractivity contribution >= 4 is 10.0 Å². The Kier molecular flexibility index (Phi) is 7.28. The van der Waals surface area contributed by atoms with E-state index in [-0.39, 0.29) is 10.9 Å². The molecule has 1 unspecified atom stereocenters. The number of halogens is 1. The van der Waals surface area contributed by atoms with E-state index in [1.165, 1.54) is 12.1 Å². The van der Waals surface area contributed by atoms with Gasteiger partial charge in [-0.05, 0) is 38.1 Å². The van der Waals surface area contributed by atoms with Crippen LogP contribution in [0.2, 0.25) is 0 Å². The third kappa shape index (κ3) is 5.73. The van der Waals surface area contributed by atoms with Crippen LogP contribution in [0.15, 0.2) is 23.1 Å². The Morgan fingerprint density at radius 3 is 2.62 bits per heavy atom. The summed E-state index contributed by atoms with van der Waals surface area (Å²) in [6, 6.07) is 3.69. The van der Waals surface area contributed by atoms with Crippen LogP contribution in [-0.4, -0.2) is 21.5 Å². The first-order chi connectivity index (χ1) is 9.90. The highest BCUT2D eigenvalue weighted by molar-refractivity contribution is 7.89. The molecule has 21 heavy (non-hydrogen) atoms. The fourth-order valence-corrected chi connectivity index (χ4v) is 3.73. The van der Waals surface area contributed by atoms with Crippen LogP contribution in [0.3, 0.4) is 0 Å². The highest BCUT2D eigenvalue weighted by Crippen LogP contribution is 2.18. The maximum absolute atomic E-state index is 13.4. The van der Waals surface area contributed by atoms with Gasteiger partial charge in [-0.3, -0.25) is 0 Å². The predicted octanol–water partition coefficient (Wildman–Crippen LogP) is 2.79. The van der Waals surface area contributed by atoms with Crippen LogP contribution in [0.1, 0.15) is 45.1 Å². The van der Waals surface area contributed by atoms with Gasteiger partial charge in [-0.25, -0.2) is 17.5 Å². The van der Waals surface area contributed by atoms with Crippen molar-refractivity contribution in [3.05, 3.63) is 29.6 Å². The minimum atomic E-state index is -3.70. The lowest BCUT2D eigenvalue weighted by Crippen LogP contribution is -2.33. The molecule has 0 aliphatic carbocycles. The number of unbranched alkanes of at least 4 members (excludes halogenated alkanes) is 2. The summed E-state index contributed by atoms with van der Waals surface area (Å²) in [5, 5.41) is 2.90. The molecule has 1 aromatic rings. The molecule has 0 bridgehead atoms. The summed E-state index contributed by atoms with van der Waals surface area (Å²) in [4.78, 5) is 0.0131. The van der Waals surface area contributed by atoms with Crippen molar-refractivity contribution in [1.29, 1.82) is 0 Å². The molecule has 0 radical (unpaired) electrons. The van der Waals surface area contributed by atoms with Gasteiger partial charge in [-0.15, -0.1) is 0 Å². The van der Waals surface area contributed by atoms with E-state index in [4.69, 9.17) is 0 Å². The van der Waals surface area contributed by atoms with Gasteiger partial charge in [0, 0.05) is 12.6 Å². The normalized spacial score (nSPS) is 13.3. The average molecular weight is 316 g/mol. The number of rotatable bonds is 9. The molecule has 0 fully saturated rings. The van der Waals surface area contributed by atoms with Gasteiger partial charge in [0.1, 0.15) is 5.82 Å². The zero-order valence-corrected chi connectivity index (χ0v) is 13.8. The number of nitrogens with one attached hydrogen (secondary N) is 2. The van der Waals surface area contributed by atoms with Crippen molar-refractivity contribution in [1.82, 2.24) is 10.0 Å². The minimum Gasteiger partial charge on any atom is -0.316 e. The highest BCUT2D eigenvalue weighted by atomic mass is 32.2. The second-order valence-corrected chi connectivity index (χ2v) is 6.98. The van der Waals surface area contributed by atoms with E-state index in [2.05, 4.69) is 17.0 Å². The number of hydrogen-bond donors (Lipinski definition) is 2. The van der Waals surface area contributed by atoms with Crippen molar-refractivity contribution in [2.75, 3.05) is 7.05 Å². The molecule has 0 spiro atoms. The van der Waals surface area contributed by atoms with Crippen LogP contribution in [0.4, 0.5) is 4.39 Å². The highest BCUT2D eigenvalue weighted by Gasteiger charge is 2.21. The van der Waals surface area contributed by atoms with Gasteiger partial charge in [-0.2, -0.15) is 0 Å². The maximum Gasteiger partial charge on any atom is 0.241 e. The first-order valence-electron chi connectivity index (χ1n) is 7.36. The molecule has 1 rings (SSSR count). The van der Waals surface area contributed by atoms with Crippen LogP contribution in [0.25, 0.3) is 0 Å². The molecular weight excluding hydrogens is 291 g/mol. The molecule has 0 aliphatic heterocycles. The monoisotopic (exact) mass is 316 g/mol. The SMILES string of the molecule is CCCCCC(C)NS(=O)(=O)c1cc(F)ccc1CNC. The Morgan fingerprint density at radius 2 is 2.00 bits per heavy atom. The van der Waals surface area contributed by atoms with Gasteiger partial charge in [-0.1, -0.05) is 32.3 Å². The molecule has 0 heterocycles. The van der Waals surface area contributed by atoms with E-state index in [0.29, 0.717) is 12.1 Å². The first kappa shape index (κ1) is 18.1. The van der Waals surface area contributed by atoms with Crippen LogP contribution >= 0.6 is 0 Å². The van der Waals surface area contributed by atoms with Crippen molar-refractivity contribution in [2.45, 2.75) is 57.0 Å². The second-order valence-electron chi connectivity index (χ2n) is 5.30. The summed E-state index contributed by atoms with van der Waals surface area (Å²) in [7, 11) is -1.98. The Hall–Kier alpha value is -0.980. The van der Waals surface area contributed by atoms with E-state index < -0.39 is 15.8 Å². The molecule has 0 aliphatic rings. The molecule has 2 N–H and O–H groups in total. The van der Waals surface area contributed by atoms with Crippen molar-refractivity contribution in [2.24, 2.45) is 0 Å². The molecular formula is C15H25FN2O2S. The Bertz CT molecular complexity index is 547. The van der Waals surface area contributed by atoms with Crippen molar-refractivity contribution in [3.63, 3.8) is 0 Å². The van der Waals surface area contributed by atoms with E-state index >= 15 is 0 Å². The standard InChI is InChI=1S/C15H25FN2O2S/c1-4-5-6-7-12(2)18-21(19,20)15-10-14(16)9-8-13(15)11-17-3/h8-10,12,17-18H,4-7,11H2,1-3H3. The molecule has 4 nitrogen and oxygen atoms in total. The van der Waals surface area contributed by atoms with E-state index in [9.17, 15) is 12.8 Å². The summed E-state index contributed by atoms with van der Waals surface area (Å²) in [5.74, 6) is -0.547. The summed E-state index contributed by atoms with van der Waals surface area (Å²) < 4.78 is 40.9. The average Bonchev–Trinajstić information content (AvgIpc) is 2.40. The largest absolute Gasteiger partial charge is 0.316 e. The van der Waals surface area contributed by atoms with E-state index in [1.54, 1.807) is 7.05 Å². The van der Waals surface area contributed by atoms with E-state index in [1.807, 2.05) is 6.92 Å². The first-order valence-corrected chi connectivity index (χ1v) is 8.84. The summed E-state index contributed by atoms with van der Waals surface area (Å²) in [6.07, 6.45) is 3.93. The third-order valence-corrected chi connectivity index (χ3v) is 4.95. The Labute approximate surface area is 127 Å². The molecule has 6 heteroatoms. The summed E-state index contributed by atoms with van der Waals surface area (Å²) in [5.41, 5.74) is 0.562. The van der Waals surface area contributed by atoms with Gasteiger partial charge in [0.25, 0.3) is 0 Å². The maximum atomic E-state index is 13.4. The van der Waals surface area contributed by atoms with Crippen LogP contribution < -0.4 is 10.0 Å². The van der Waals surface area contributed by atoms with E-state index in [0.717, 1.165) is 31.7 Å². The zero-order valence-electron chi connectivity index (χ0n) is 12.9. The number of hydrogen-bond acceptors (Lipinski definition) is 3. The third-order valence-electron chi connectivity index (χ3n) is 3.28. The zero-order chi connectivity index (χ0) is 15.9. The fraction of sp³-hybridized carbons (Fsp3) is 0.600. The second kappa shape index (κ2) is 8.46. The molecule has 0 amide bonds. The van der Waals surface area contributed by atoms with Gasteiger partial charge >= 0.3 is 0 Å². The lowest BCUT2D eigenvalue weighted by atomic mass is 10.1. The molecule has 0 aromatic heterocycles. The smallest absolute Gasteiger partial charge is 0.241 e. The topological polar surface area (TPSA) is 58.2 Å². The Morgan fingerprint density at radius 1 is 1.29 bits per heavy atom. The minimum absolute atomic E-state index is 0.0131. The lowest BCUT2D eigenvalue weighted by Gasteiger charge is -2.16. The fourth-order valence-electron chi connectivity index (χ4n) is 2.20. The van der Waals surface area contributed by atoms with Crippen LogP contribution in [0.5, 0.6) is 0 Å². The predicted molar refractivity (Wildman–Crippen MR) is 83.1 cm³/mol. The molecule has 120 valence electrons. The van der Waals surface area contributed by atoms with Crippen molar-refractivity contribution in [3.8, 4) is 0 Å². The number of benzene rings is 1. The van der Waals surface area contributed by atoms with Crippen LogP contribution in [0, 0.1) is 5.82 Å². The summed E-state index contributed by atoms with van der Waals surface area (Å²) in [6.45, 7) is 4.32. The van der Waals surface area contributed by atoms with Gasteiger partial charge in [0.15, 0.2) is 0 Å². The Balaban J connectivity index is 2.89. The summed E-state index contributed by atoms with van der Waals surface area (Å²) >= 11 is 0. The van der Waals surface area contributed by atoms with Gasteiger partial charge in [0.2, 0.25) is 10.0 Å². The quantitative estimate of drug-likeness (QED) is 0.689. The van der Waals surface area contributed by atoms with Crippen LogP contribution in [-0.2, 0) is 16.6 Å². The van der Waals surface area contributed by atoms with Gasteiger partial charge < -0.3 is 5.32 Å². The molecule has 0 saturated carbocycles. The molecule has 1 atom stereocenters. The van der Waals surface area contributed by atoms with Crippen molar-refractivity contribution < 1.29 is 12.8 Å². The number of sulfonamides is 1. The van der Waals surface area contributed by atoms with Gasteiger partial charge in [0.05, 0.1) is 4.90 Å². The molecule has 0 saturated heterocycles.